The lowest BCUT2D eigenvalue weighted by atomic mass is 9.75. The van der Waals surface area contributed by atoms with Gasteiger partial charge in [0.05, 0.1) is 0 Å². The molecule has 2 aliphatic rings. The number of unbranched alkanes of at least 4 members (excludes halogenated alkanes) is 9. The van der Waals surface area contributed by atoms with Gasteiger partial charge in [-0.25, -0.2) is 15.0 Å². The summed E-state index contributed by atoms with van der Waals surface area (Å²) in [5.41, 5.74) is 0.334. The lowest BCUT2D eigenvalue weighted by Crippen LogP contribution is -2.75. The third kappa shape index (κ3) is 10.9. The Morgan fingerprint density at radius 2 is 0.960 bits per heavy atom. The molecule has 8 heteroatoms. The molecule has 0 bridgehead atoms. The van der Waals surface area contributed by atoms with Crippen molar-refractivity contribution >= 4 is 5.95 Å². The quantitative estimate of drug-likeness (QED) is 0.101. The van der Waals surface area contributed by atoms with Crippen molar-refractivity contribution in [3.8, 4) is 0 Å². The number of aromatic nitrogens is 3. The number of nitrogens with zero attached hydrogens (tertiary/aromatic N) is 7. The molecule has 0 saturated carbocycles. The molecule has 0 aromatic carbocycles. The van der Waals surface area contributed by atoms with Crippen molar-refractivity contribution in [1.82, 2.24) is 34.6 Å². The Morgan fingerprint density at radius 1 is 0.600 bits per heavy atom. The standard InChI is InChI=1S/C42H82N8/c1-14-17-20-21-22-23-24-25-26-42(46-37-44-33-43-34-45-37,49(27-18-15-2)35-29-38(4,5)47(12)39(6,7)30-35)50(28-19-16-3)36-31-40(8,9)48(13)41(10,11)32-36/h33-36H,14-32H2,1-13H3,(H,43,44,45,46). The predicted octanol–water partition coefficient (Wildman–Crippen LogP) is 9.98. The van der Waals surface area contributed by atoms with Crippen molar-refractivity contribution in [1.29, 1.82) is 0 Å². The minimum atomic E-state index is -0.423. The molecule has 3 heterocycles. The van der Waals surface area contributed by atoms with E-state index in [1.807, 2.05) is 0 Å². The van der Waals surface area contributed by atoms with Crippen LogP contribution < -0.4 is 5.32 Å². The summed E-state index contributed by atoms with van der Waals surface area (Å²) in [4.78, 5) is 25.1. The van der Waals surface area contributed by atoms with E-state index >= 15 is 0 Å². The zero-order chi connectivity index (χ0) is 37.2. The van der Waals surface area contributed by atoms with Gasteiger partial charge < -0.3 is 5.32 Å². The second-order valence-electron chi connectivity index (χ2n) is 18.7. The van der Waals surface area contributed by atoms with Crippen LogP contribution in [-0.2, 0) is 0 Å². The van der Waals surface area contributed by atoms with Crippen LogP contribution >= 0.6 is 0 Å². The maximum Gasteiger partial charge on any atom is 0.228 e. The Labute approximate surface area is 310 Å². The van der Waals surface area contributed by atoms with Crippen molar-refractivity contribution in [2.24, 2.45) is 0 Å². The van der Waals surface area contributed by atoms with Gasteiger partial charge in [0.25, 0.3) is 0 Å². The third-order valence-corrected chi connectivity index (χ3v) is 13.1. The van der Waals surface area contributed by atoms with E-state index in [1.165, 1.54) is 77.0 Å². The van der Waals surface area contributed by atoms with Crippen LogP contribution in [0, 0.1) is 0 Å². The topological polar surface area (TPSA) is 63.7 Å². The highest BCUT2D eigenvalue weighted by atomic mass is 15.5. The molecule has 0 amide bonds. The van der Waals surface area contributed by atoms with Crippen LogP contribution in [0.1, 0.15) is 185 Å². The number of hydrogen-bond donors (Lipinski definition) is 1. The fourth-order valence-corrected chi connectivity index (χ4v) is 9.72. The average Bonchev–Trinajstić information content (AvgIpc) is 3.04. The molecule has 8 nitrogen and oxygen atoms in total. The first kappa shape index (κ1) is 43.1. The first-order valence-electron chi connectivity index (χ1n) is 20.9. The van der Waals surface area contributed by atoms with Crippen LogP contribution in [0.5, 0.6) is 0 Å². The molecule has 2 saturated heterocycles. The molecule has 1 aromatic rings. The van der Waals surface area contributed by atoms with E-state index in [9.17, 15) is 0 Å². The molecule has 0 radical (unpaired) electrons. The fraction of sp³-hybridized carbons (Fsp3) is 0.929. The Morgan fingerprint density at radius 3 is 1.34 bits per heavy atom. The summed E-state index contributed by atoms with van der Waals surface area (Å²) < 4.78 is 0. The summed E-state index contributed by atoms with van der Waals surface area (Å²) in [6.07, 6.45) is 24.2. The number of piperidine rings is 2. The molecule has 0 atom stereocenters. The smallest absolute Gasteiger partial charge is 0.228 e. The molecule has 2 fully saturated rings. The van der Waals surface area contributed by atoms with E-state index in [4.69, 9.17) is 9.97 Å². The summed E-state index contributed by atoms with van der Waals surface area (Å²) in [5.74, 6) is 0.286. The Kier molecular flexibility index (Phi) is 16.0. The Bertz CT molecular complexity index is 1010. The lowest BCUT2D eigenvalue weighted by Gasteiger charge is -2.63. The highest BCUT2D eigenvalue weighted by molar-refractivity contribution is 5.28. The van der Waals surface area contributed by atoms with Gasteiger partial charge in [-0.3, -0.25) is 19.6 Å². The average molecular weight is 699 g/mol. The molecular weight excluding hydrogens is 617 g/mol. The Hall–Kier alpha value is -1.35. The number of anilines is 1. The highest BCUT2D eigenvalue weighted by Crippen LogP contribution is 2.46. The zero-order valence-electron chi connectivity index (χ0n) is 35.4. The van der Waals surface area contributed by atoms with Crippen LogP contribution in [0.3, 0.4) is 0 Å². The zero-order valence-corrected chi connectivity index (χ0v) is 35.4. The minimum Gasteiger partial charge on any atom is -0.323 e. The van der Waals surface area contributed by atoms with Gasteiger partial charge in [-0.05, 0) is 121 Å². The second-order valence-corrected chi connectivity index (χ2v) is 18.7. The van der Waals surface area contributed by atoms with E-state index in [0.29, 0.717) is 18.0 Å². The Balaban J connectivity index is 2.24. The monoisotopic (exact) mass is 699 g/mol. The summed E-state index contributed by atoms with van der Waals surface area (Å²) in [7, 11) is 4.69. The normalized spacial score (nSPS) is 21.7. The van der Waals surface area contributed by atoms with E-state index < -0.39 is 5.79 Å². The number of likely N-dealkylation sites (tertiary alicyclic amines) is 2. The maximum atomic E-state index is 4.80. The number of rotatable bonds is 21. The van der Waals surface area contributed by atoms with E-state index in [0.717, 1.165) is 45.2 Å². The maximum absolute atomic E-state index is 4.80. The lowest BCUT2D eigenvalue weighted by molar-refractivity contribution is -0.151. The van der Waals surface area contributed by atoms with Gasteiger partial charge in [-0.1, -0.05) is 78.6 Å². The molecule has 1 aromatic heterocycles. The van der Waals surface area contributed by atoms with Gasteiger partial charge in [-0.15, -0.1) is 0 Å². The van der Waals surface area contributed by atoms with Gasteiger partial charge in [-0.2, -0.15) is 0 Å². The van der Waals surface area contributed by atoms with Crippen LogP contribution in [0.15, 0.2) is 12.7 Å². The van der Waals surface area contributed by atoms with Crippen molar-refractivity contribution < 1.29 is 0 Å². The van der Waals surface area contributed by atoms with Crippen molar-refractivity contribution in [3.05, 3.63) is 12.7 Å². The van der Waals surface area contributed by atoms with Crippen LogP contribution in [0.2, 0.25) is 0 Å². The number of hydrogen-bond acceptors (Lipinski definition) is 8. The molecule has 0 spiro atoms. The summed E-state index contributed by atoms with van der Waals surface area (Å²) in [5, 5.41) is 4.22. The first-order valence-corrected chi connectivity index (χ1v) is 20.9. The summed E-state index contributed by atoms with van der Waals surface area (Å²) >= 11 is 0. The molecule has 0 aliphatic carbocycles. The molecule has 290 valence electrons. The van der Waals surface area contributed by atoms with Crippen molar-refractivity contribution in [3.63, 3.8) is 0 Å². The minimum absolute atomic E-state index is 0.0834. The molecule has 2 aliphatic heterocycles. The van der Waals surface area contributed by atoms with Crippen molar-refractivity contribution in [2.75, 3.05) is 32.5 Å². The van der Waals surface area contributed by atoms with Crippen LogP contribution in [0.4, 0.5) is 5.95 Å². The van der Waals surface area contributed by atoms with E-state index in [-0.39, 0.29) is 22.2 Å². The summed E-state index contributed by atoms with van der Waals surface area (Å²) in [6, 6.07) is 0.838. The van der Waals surface area contributed by atoms with Gasteiger partial charge in [0.15, 0.2) is 5.79 Å². The predicted molar refractivity (Wildman–Crippen MR) is 215 cm³/mol. The molecular formula is C42H82N8. The van der Waals surface area contributed by atoms with Gasteiger partial charge in [0, 0.05) is 47.3 Å². The SMILES string of the molecule is CCCCCCCCCCC(Nc1ncncn1)(N(CCCC)C1CC(C)(C)N(C)C(C)(C)C1)N(CCCC)C1CC(C)(C)N(C)C(C)(C)C1. The first-order chi connectivity index (χ1) is 23.5. The van der Waals surface area contributed by atoms with Crippen LogP contribution in [-0.4, -0.2) is 102 Å². The summed E-state index contributed by atoms with van der Waals surface area (Å²) in [6.45, 7) is 28.9. The number of nitrogens with one attached hydrogen (secondary N) is 1. The largest absolute Gasteiger partial charge is 0.323 e. The fourth-order valence-electron chi connectivity index (χ4n) is 9.72. The molecule has 1 N–H and O–H groups in total. The van der Waals surface area contributed by atoms with Gasteiger partial charge >= 0.3 is 0 Å². The van der Waals surface area contributed by atoms with E-state index in [2.05, 4.69) is 120 Å². The third-order valence-electron chi connectivity index (χ3n) is 13.1. The van der Waals surface area contributed by atoms with Crippen LogP contribution in [0.25, 0.3) is 0 Å². The molecule has 50 heavy (non-hydrogen) atoms. The molecule has 3 rings (SSSR count). The van der Waals surface area contributed by atoms with Gasteiger partial charge in [0.2, 0.25) is 5.95 Å². The second kappa shape index (κ2) is 18.6. The highest BCUT2D eigenvalue weighted by Gasteiger charge is 2.55. The van der Waals surface area contributed by atoms with E-state index in [1.54, 1.807) is 12.7 Å². The molecule has 0 unspecified atom stereocenters. The van der Waals surface area contributed by atoms with Crippen molar-refractivity contribution in [2.45, 2.75) is 225 Å². The van der Waals surface area contributed by atoms with Gasteiger partial charge in [0.1, 0.15) is 12.7 Å².